The maximum atomic E-state index is 12.8. The molecular formula is C21H33N3O2. The average molecular weight is 360 g/mol. The first-order chi connectivity index (χ1) is 12.7. The highest BCUT2D eigenvalue weighted by Crippen LogP contribution is 2.27. The van der Waals surface area contributed by atoms with Crippen LogP contribution in [0.25, 0.3) is 0 Å². The van der Waals surface area contributed by atoms with Crippen molar-refractivity contribution in [2.75, 3.05) is 52.9 Å². The monoisotopic (exact) mass is 359 g/mol. The first-order valence-electron chi connectivity index (χ1n) is 10.0. The molecule has 2 aliphatic rings. The Morgan fingerprint density at radius 1 is 1.12 bits per heavy atom. The summed E-state index contributed by atoms with van der Waals surface area (Å²) < 4.78 is 0. The molecule has 0 radical (unpaired) electrons. The second-order valence-electron chi connectivity index (χ2n) is 7.82. The lowest BCUT2D eigenvalue weighted by atomic mass is 9.86. The fraction of sp³-hybridized carbons (Fsp3) is 0.667. The lowest BCUT2D eigenvalue weighted by Gasteiger charge is -2.46. The molecule has 2 fully saturated rings. The van der Waals surface area contributed by atoms with Crippen molar-refractivity contribution in [1.29, 1.82) is 0 Å². The Morgan fingerprint density at radius 3 is 2.54 bits per heavy atom. The molecule has 1 N–H and O–H groups in total. The molecule has 0 spiro atoms. The Kier molecular flexibility index (Phi) is 7.06. The van der Waals surface area contributed by atoms with Gasteiger partial charge in [0.2, 0.25) is 5.91 Å². The van der Waals surface area contributed by atoms with E-state index in [0.717, 1.165) is 64.1 Å². The van der Waals surface area contributed by atoms with Gasteiger partial charge in [0.15, 0.2) is 0 Å². The van der Waals surface area contributed by atoms with Crippen LogP contribution in [0, 0.1) is 5.92 Å². The molecule has 0 aromatic heterocycles. The summed E-state index contributed by atoms with van der Waals surface area (Å²) in [4.78, 5) is 19.8. The third-order valence-electron chi connectivity index (χ3n) is 5.98. The van der Waals surface area contributed by atoms with Crippen LogP contribution in [0.4, 0.5) is 0 Å². The van der Waals surface area contributed by atoms with E-state index in [9.17, 15) is 9.90 Å². The van der Waals surface area contributed by atoms with E-state index in [4.69, 9.17) is 0 Å². The summed E-state index contributed by atoms with van der Waals surface area (Å²) in [6.45, 7) is 6.42. The highest BCUT2D eigenvalue weighted by Gasteiger charge is 2.35. The largest absolute Gasteiger partial charge is 0.396 e. The van der Waals surface area contributed by atoms with Gasteiger partial charge in [-0.3, -0.25) is 9.69 Å². The minimum atomic E-state index is 0.238. The predicted molar refractivity (Wildman–Crippen MR) is 104 cm³/mol. The van der Waals surface area contributed by atoms with Crippen molar-refractivity contribution < 1.29 is 9.90 Å². The molecule has 2 atom stereocenters. The number of piperidine rings is 1. The normalized spacial score (nSPS) is 25.4. The van der Waals surface area contributed by atoms with E-state index < -0.39 is 0 Å². The number of piperazine rings is 1. The number of likely N-dealkylation sites (tertiary alicyclic amines) is 1. The SMILES string of the molecule is CN1CCN([C@@H]2CCN(C(=O)Cc3ccccc3)C[C@@H]2CCCO)CC1. The molecule has 5 heteroatoms. The van der Waals surface area contributed by atoms with Crippen molar-refractivity contribution >= 4 is 5.91 Å². The summed E-state index contributed by atoms with van der Waals surface area (Å²) in [6.07, 6.45) is 3.38. The number of likely N-dealkylation sites (N-methyl/N-ethyl adjacent to an activating group) is 1. The van der Waals surface area contributed by atoms with Gasteiger partial charge in [0.05, 0.1) is 6.42 Å². The highest BCUT2D eigenvalue weighted by atomic mass is 16.3. The topological polar surface area (TPSA) is 47.0 Å². The van der Waals surface area contributed by atoms with E-state index in [2.05, 4.69) is 21.7 Å². The number of nitrogens with zero attached hydrogens (tertiary/aromatic N) is 3. The first kappa shape index (κ1) is 19.3. The number of hydrogen-bond acceptors (Lipinski definition) is 4. The van der Waals surface area contributed by atoms with E-state index in [-0.39, 0.29) is 12.5 Å². The number of carbonyl (C=O) groups is 1. The van der Waals surface area contributed by atoms with Crippen molar-refractivity contribution in [3.63, 3.8) is 0 Å². The van der Waals surface area contributed by atoms with Gasteiger partial charge < -0.3 is 14.9 Å². The van der Waals surface area contributed by atoms with Gasteiger partial charge in [-0.2, -0.15) is 0 Å². The van der Waals surface area contributed by atoms with Gasteiger partial charge in [0.25, 0.3) is 0 Å². The van der Waals surface area contributed by atoms with Crippen LogP contribution in [-0.2, 0) is 11.2 Å². The molecular weight excluding hydrogens is 326 g/mol. The Morgan fingerprint density at radius 2 is 1.85 bits per heavy atom. The molecule has 1 aromatic carbocycles. The van der Waals surface area contributed by atoms with Crippen LogP contribution in [0.5, 0.6) is 0 Å². The summed E-state index contributed by atoms with van der Waals surface area (Å²) >= 11 is 0. The maximum Gasteiger partial charge on any atom is 0.227 e. The van der Waals surface area contributed by atoms with Gasteiger partial charge in [-0.25, -0.2) is 0 Å². The van der Waals surface area contributed by atoms with Gasteiger partial charge >= 0.3 is 0 Å². The molecule has 144 valence electrons. The van der Waals surface area contributed by atoms with Crippen LogP contribution in [0.2, 0.25) is 0 Å². The van der Waals surface area contributed by atoms with Gasteiger partial charge in [-0.15, -0.1) is 0 Å². The summed E-state index contributed by atoms with van der Waals surface area (Å²) in [5.41, 5.74) is 1.09. The molecule has 1 aromatic rings. The second-order valence-corrected chi connectivity index (χ2v) is 7.82. The summed E-state index contributed by atoms with van der Waals surface area (Å²) in [5, 5.41) is 9.30. The van der Waals surface area contributed by atoms with E-state index in [1.165, 1.54) is 0 Å². The summed E-state index contributed by atoms with van der Waals surface area (Å²) in [5.74, 6) is 0.709. The molecule has 3 rings (SSSR count). The average Bonchev–Trinajstić information content (AvgIpc) is 2.67. The lowest BCUT2D eigenvalue weighted by molar-refractivity contribution is -0.133. The quantitative estimate of drug-likeness (QED) is 0.836. The van der Waals surface area contributed by atoms with Gasteiger partial charge in [0, 0.05) is 51.9 Å². The maximum absolute atomic E-state index is 12.8. The molecule has 2 heterocycles. The minimum absolute atomic E-state index is 0.238. The van der Waals surface area contributed by atoms with Crippen LogP contribution in [0.1, 0.15) is 24.8 Å². The second kappa shape index (κ2) is 9.49. The third kappa shape index (κ3) is 5.06. The van der Waals surface area contributed by atoms with Gasteiger partial charge in [-0.05, 0) is 37.8 Å². The van der Waals surface area contributed by atoms with Crippen molar-refractivity contribution in [1.82, 2.24) is 14.7 Å². The van der Waals surface area contributed by atoms with E-state index in [1.54, 1.807) is 0 Å². The third-order valence-corrected chi connectivity index (χ3v) is 5.98. The van der Waals surface area contributed by atoms with Gasteiger partial charge in [-0.1, -0.05) is 30.3 Å². The zero-order valence-corrected chi connectivity index (χ0v) is 16.0. The molecule has 0 aliphatic carbocycles. The van der Waals surface area contributed by atoms with Crippen molar-refractivity contribution in [3.05, 3.63) is 35.9 Å². The fourth-order valence-corrected chi connectivity index (χ4v) is 4.40. The molecule has 0 saturated carbocycles. The van der Waals surface area contributed by atoms with Crippen molar-refractivity contribution in [2.45, 2.75) is 31.7 Å². The van der Waals surface area contributed by atoms with Crippen LogP contribution in [0.3, 0.4) is 0 Å². The molecule has 5 nitrogen and oxygen atoms in total. The fourth-order valence-electron chi connectivity index (χ4n) is 4.40. The number of aliphatic hydroxyl groups excluding tert-OH is 1. The number of benzene rings is 1. The van der Waals surface area contributed by atoms with Crippen LogP contribution < -0.4 is 0 Å². The standard InChI is InChI=1S/C21H33N3O2/c1-22-11-13-23(14-12-22)20-9-10-24(17-19(20)8-5-15-25)21(26)16-18-6-3-2-4-7-18/h2-4,6-7,19-20,25H,5,8-17H2,1H3/t19-,20+/m0/s1. The molecule has 0 unspecified atom stereocenters. The number of amides is 1. The van der Waals surface area contributed by atoms with Crippen LogP contribution in [-0.4, -0.2) is 84.7 Å². The molecule has 2 saturated heterocycles. The Labute approximate surface area is 157 Å². The van der Waals surface area contributed by atoms with Crippen LogP contribution in [0.15, 0.2) is 30.3 Å². The van der Waals surface area contributed by atoms with Crippen molar-refractivity contribution in [2.24, 2.45) is 5.92 Å². The van der Waals surface area contributed by atoms with Crippen LogP contribution >= 0.6 is 0 Å². The first-order valence-corrected chi connectivity index (χ1v) is 10.0. The molecule has 2 aliphatic heterocycles. The summed E-state index contributed by atoms with van der Waals surface area (Å²) in [6, 6.07) is 10.6. The number of rotatable bonds is 6. The smallest absolute Gasteiger partial charge is 0.227 e. The minimum Gasteiger partial charge on any atom is -0.396 e. The Hall–Kier alpha value is -1.43. The van der Waals surface area contributed by atoms with Crippen molar-refractivity contribution in [3.8, 4) is 0 Å². The predicted octanol–water partition coefficient (Wildman–Crippen LogP) is 1.47. The molecule has 1 amide bonds. The van der Waals surface area contributed by atoms with Gasteiger partial charge in [0.1, 0.15) is 0 Å². The zero-order valence-electron chi connectivity index (χ0n) is 16.0. The number of hydrogen-bond donors (Lipinski definition) is 1. The summed E-state index contributed by atoms with van der Waals surface area (Å²) in [7, 11) is 2.19. The number of carbonyl (C=O) groups excluding carboxylic acids is 1. The molecule has 0 bridgehead atoms. The zero-order chi connectivity index (χ0) is 18.4. The number of aliphatic hydroxyl groups is 1. The lowest BCUT2D eigenvalue weighted by Crippen LogP contribution is -2.57. The Bertz CT molecular complexity index is 558. The highest BCUT2D eigenvalue weighted by molar-refractivity contribution is 5.78. The van der Waals surface area contributed by atoms with E-state index in [1.807, 2.05) is 30.3 Å². The van der Waals surface area contributed by atoms with E-state index >= 15 is 0 Å². The molecule has 26 heavy (non-hydrogen) atoms. The van der Waals surface area contributed by atoms with E-state index in [0.29, 0.717) is 18.4 Å². The Balaban J connectivity index is 1.60.